The topological polar surface area (TPSA) is 101 Å². The van der Waals surface area contributed by atoms with Crippen LogP contribution in [0.15, 0.2) is 24.3 Å². The third-order valence-electron chi connectivity index (χ3n) is 3.05. The van der Waals surface area contributed by atoms with Gasteiger partial charge in [0.25, 0.3) is 0 Å². The van der Waals surface area contributed by atoms with Gasteiger partial charge in [0, 0.05) is 31.5 Å². The molecular weight excluding hydrogens is 282 g/mol. The third kappa shape index (κ3) is 7.42. The summed E-state index contributed by atoms with van der Waals surface area (Å²) in [7, 11) is 0. The van der Waals surface area contributed by atoms with Crippen molar-refractivity contribution in [3.05, 3.63) is 29.8 Å². The van der Waals surface area contributed by atoms with Gasteiger partial charge >= 0.3 is 0 Å². The Morgan fingerprint density at radius 2 is 1.68 bits per heavy atom. The summed E-state index contributed by atoms with van der Waals surface area (Å²) < 4.78 is 0. The quantitative estimate of drug-likeness (QED) is 0.642. The molecule has 0 fully saturated rings. The zero-order valence-corrected chi connectivity index (χ0v) is 12.9. The number of anilines is 1. The molecule has 4 N–H and O–H groups in total. The second-order valence-electron chi connectivity index (χ2n) is 5.06. The minimum absolute atomic E-state index is 0.00378. The molecule has 0 spiro atoms. The summed E-state index contributed by atoms with van der Waals surface area (Å²) in [5.74, 6) is -0.535. The maximum Gasteiger partial charge on any atom is 0.224 e. The zero-order valence-electron chi connectivity index (χ0n) is 12.9. The SMILES string of the molecule is CCCC(=O)Nc1ccc(CCC(=O)NCCC(N)=O)cc1. The van der Waals surface area contributed by atoms with E-state index in [1.54, 1.807) is 0 Å². The van der Waals surface area contributed by atoms with Crippen LogP contribution in [0.4, 0.5) is 5.69 Å². The summed E-state index contributed by atoms with van der Waals surface area (Å²) in [5, 5.41) is 5.45. The van der Waals surface area contributed by atoms with E-state index < -0.39 is 5.91 Å². The molecule has 0 radical (unpaired) electrons. The van der Waals surface area contributed by atoms with Crippen LogP contribution in [0.3, 0.4) is 0 Å². The lowest BCUT2D eigenvalue weighted by Gasteiger charge is -2.07. The van der Waals surface area contributed by atoms with Crippen LogP contribution in [0.2, 0.25) is 0 Å². The first-order valence-electron chi connectivity index (χ1n) is 7.45. The molecule has 0 aliphatic carbocycles. The number of aryl methyl sites for hydroxylation is 1. The number of nitrogens with two attached hydrogens (primary N) is 1. The largest absolute Gasteiger partial charge is 0.370 e. The van der Waals surface area contributed by atoms with E-state index in [1.807, 2.05) is 31.2 Å². The van der Waals surface area contributed by atoms with Gasteiger partial charge in [0.15, 0.2) is 0 Å². The highest BCUT2D eigenvalue weighted by molar-refractivity contribution is 5.90. The molecule has 0 aromatic heterocycles. The number of hydrogen-bond donors (Lipinski definition) is 3. The molecule has 22 heavy (non-hydrogen) atoms. The number of rotatable bonds is 9. The van der Waals surface area contributed by atoms with Gasteiger partial charge in [-0.05, 0) is 30.5 Å². The van der Waals surface area contributed by atoms with Crippen molar-refractivity contribution >= 4 is 23.4 Å². The van der Waals surface area contributed by atoms with Crippen molar-refractivity contribution in [3.8, 4) is 0 Å². The fraction of sp³-hybridized carbons (Fsp3) is 0.438. The summed E-state index contributed by atoms with van der Waals surface area (Å²) in [6, 6.07) is 7.43. The minimum atomic E-state index is -0.430. The average Bonchev–Trinajstić information content (AvgIpc) is 2.46. The van der Waals surface area contributed by atoms with Crippen LogP contribution >= 0.6 is 0 Å². The fourth-order valence-electron chi connectivity index (χ4n) is 1.88. The van der Waals surface area contributed by atoms with E-state index in [4.69, 9.17) is 5.73 Å². The van der Waals surface area contributed by atoms with Crippen LogP contribution in [0.1, 0.15) is 38.2 Å². The van der Waals surface area contributed by atoms with Crippen LogP contribution in [0.5, 0.6) is 0 Å². The predicted octanol–water partition coefficient (Wildman–Crippen LogP) is 1.35. The van der Waals surface area contributed by atoms with Gasteiger partial charge in [-0.15, -0.1) is 0 Å². The van der Waals surface area contributed by atoms with Crippen molar-refractivity contribution in [3.63, 3.8) is 0 Å². The van der Waals surface area contributed by atoms with E-state index in [1.165, 1.54) is 0 Å². The highest BCUT2D eigenvalue weighted by Gasteiger charge is 2.04. The fourth-order valence-corrected chi connectivity index (χ4v) is 1.88. The Labute approximate surface area is 130 Å². The van der Waals surface area contributed by atoms with E-state index in [0.29, 0.717) is 19.3 Å². The summed E-state index contributed by atoms with van der Waals surface area (Å²) >= 11 is 0. The van der Waals surface area contributed by atoms with Gasteiger partial charge in [-0.2, -0.15) is 0 Å². The number of amides is 3. The summed E-state index contributed by atoms with van der Waals surface area (Å²) in [6.45, 7) is 2.23. The van der Waals surface area contributed by atoms with Crippen LogP contribution in [-0.2, 0) is 20.8 Å². The Balaban J connectivity index is 2.33. The highest BCUT2D eigenvalue weighted by atomic mass is 16.2. The molecule has 0 heterocycles. The van der Waals surface area contributed by atoms with E-state index in [-0.39, 0.29) is 24.8 Å². The Morgan fingerprint density at radius 1 is 1.00 bits per heavy atom. The molecule has 0 saturated carbocycles. The summed E-state index contributed by atoms with van der Waals surface area (Å²) in [6.07, 6.45) is 2.42. The Bertz CT molecular complexity index is 512. The molecule has 1 aromatic carbocycles. The van der Waals surface area contributed by atoms with Crippen molar-refractivity contribution in [2.45, 2.75) is 39.0 Å². The number of carbonyl (C=O) groups is 3. The van der Waals surface area contributed by atoms with Crippen molar-refractivity contribution in [1.82, 2.24) is 5.32 Å². The van der Waals surface area contributed by atoms with Crippen molar-refractivity contribution in [1.29, 1.82) is 0 Å². The normalized spacial score (nSPS) is 10.0. The second kappa shape index (κ2) is 9.55. The van der Waals surface area contributed by atoms with Crippen molar-refractivity contribution < 1.29 is 14.4 Å². The molecule has 0 aliphatic heterocycles. The molecule has 0 unspecified atom stereocenters. The number of nitrogens with one attached hydrogen (secondary N) is 2. The lowest BCUT2D eigenvalue weighted by atomic mass is 10.1. The van der Waals surface area contributed by atoms with Crippen LogP contribution in [0.25, 0.3) is 0 Å². The van der Waals surface area contributed by atoms with Gasteiger partial charge in [-0.25, -0.2) is 0 Å². The first-order chi connectivity index (χ1) is 10.5. The standard InChI is InChI=1S/C16H23N3O3/c1-2-3-16(22)19-13-7-4-12(5-8-13)6-9-15(21)18-11-10-14(17)20/h4-5,7-8H,2-3,6,9-11H2,1H3,(H2,17,20)(H,18,21)(H,19,22). The predicted molar refractivity (Wildman–Crippen MR) is 85.1 cm³/mol. The molecule has 6 nitrogen and oxygen atoms in total. The lowest BCUT2D eigenvalue weighted by molar-refractivity contribution is -0.121. The monoisotopic (exact) mass is 305 g/mol. The molecule has 1 aromatic rings. The van der Waals surface area contributed by atoms with E-state index >= 15 is 0 Å². The zero-order chi connectivity index (χ0) is 16.4. The number of benzene rings is 1. The molecule has 0 atom stereocenters. The average molecular weight is 305 g/mol. The van der Waals surface area contributed by atoms with Gasteiger partial charge in [0.05, 0.1) is 0 Å². The molecule has 0 aliphatic rings. The number of primary amides is 1. The van der Waals surface area contributed by atoms with Crippen LogP contribution < -0.4 is 16.4 Å². The molecule has 0 bridgehead atoms. The summed E-state index contributed by atoms with van der Waals surface area (Å²) in [5.41, 5.74) is 6.76. The van der Waals surface area contributed by atoms with Crippen molar-refractivity contribution in [2.75, 3.05) is 11.9 Å². The van der Waals surface area contributed by atoms with Gasteiger partial charge < -0.3 is 16.4 Å². The number of carbonyl (C=O) groups excluding carboxylic acids is 3. The Hall–Kier alpha value is -2.37. The third-order valence-corrected chi connectivity index (χ3v) is 3.05. The number of hydrogen-bond acceptors (Lipinski definition) is 3. The molecule has 120 valence electrons. The minimum Gasteiger partial charge on any atom is -0.370 e. The smallest absolute Gasteiger partial charge is 0.224 e. The Kier molecular flexibility index (Phi) is 7.67. The molecule has 0 saturated heterocycles. The first kappa shape index (κ1) is 17.7. The lowest BCUT2D eigenvalue weighted by Crippen LogP contribution is -2.27. The second-order valence-corrected chi connectivity index (χ2v) is 5.06. The van der Waals surface area contributed by atoms with E-state index in [9.17, 15) is 14.4 Å². The van der Waals surface area contributed by atoms with Crippen LogP contribution in [-0.4, -0.2) is 24.3 Å². The first-order valence-corrected chi connectivity index (χ1v) is 7.45. The van der Waals surface area contributed by atoms with Crippen molar-refractivity contribution in [2.24, 2.45) is 5.73 Å². The van der Waals surface area contributed by atoms with E-state index in [0.717, 1.165) is 17.7 Å². The molecule has 6 heteroatoms. The van der Waals surface area contributed by atoms with Gasteiger partial charge in [-0.3, -0.25) is 14.4 Å². The molecular formula is C16H23N3O3. The van der Waals surface area contributed by atoms with Crippen LogP contribution in [0, 0.1) is 0 Å². The molecule has 1 rings (SSSR count). The highest BCUT2D eigenvalue weighted by Crippen LogP contribution is 2.11. The van der Waals surface area contributed by atoms with Gasteiger partial charge in [0.1, 0.15) is 0 Å². The summed E-state index contributed by atoms with van der Waals surface area (Å²) in [4.78, 5) is 33.6. The Morgan fingerprint density at radius 3 is 2.27 bits per heavy atom. The van der Waals surface area contributed by atoms with E-state index in [2.05, 4.69) is 10.6 Å². The molecule has 3 amide bonds. The van der Waals surface area contributed by atoms with Gasteiger partial charge in [0.2, 0.25) is 17.7 Å². The van der Waals surface area contributed by atoms with Gasteiger partial charge in [-0.1, -0.05) is 19.1 Å². The maximum atomic E-state index is 11.6. The maximum absolute atomic E-state index is 11.6.